The van der Waals surface area contributed by atoms with Crippen molar-refractivity contribution in [3.05, 3.63) is 53.6 Å². The van der Waals surface area contributed by atoms with Gasteiger partial charge in [0.2, 0.25) is 0 Å². The SMILES string of the molecule is Nc1cnc(C(=O)Nc2ccc(Cl)c3cccnc23)cn1. The fraction of sp³-hybridized carbons (Fsp3) is 0. The molecule has 0 aliphatic carbocycles. The first kappa shape index (κ1) is 13.3. The van der Waals surface area contributed by atoms with Gasteiger partial charge in [0.1, 0.15) is 11.5 Å². The van der Waals surface area contributed by atoms with E-state index in [1.54, 1.807) is 24.4 Å². The first-order valence-electron chi connectivity index (χ1n) is 6.07. The molecular weight excluding hydrogens is 290 g/mol. The van der Waals surface area contributed by atoms with E-state index in [2.05, 4.69) is 20.3 Å². The van der Waals surface area contributed by atoms with Crippen molar-refractivity contribution >= 4 is 39.9 Å². The minimum atomic E-state index is -0.392. The van der Waals surface area contributed by atoms with Gasteiger partial charge in [-0.05, 0) is 24.3 Å². The van der Waals surface area contributed by atoms with Gasteiger partial charge in [0.05, 0.1) is 28.6 Å². The highest BCUT2D eigenvalue weighted by molar-refractivity contribution is 6.36. The van der Waals surface area contributed by atoms with E-state index < -0.39 is 5.91 Å². The van der Waals surface area contributed by atoms with E-state index in [4.69, 9.17) is 17.3 Å². The molecule has 6 nitrogen and oxygen atoms in total. The van der Waals surface area contributed by atoms with E-state index in [0.717, 1.165) is 5.39 Å². The summed E-state index contributed by atoms with van der Waals surface area (Å²) in [7, 11) is 0. The number of rotatable bonds is 2. The quantitative estimate of drug-likeness (QED) is 0.758. The summed E-state index contributed by atoms with van der Waals surface area (Å²) in [6.45, 7) is 0. The lowest BCUT2D eigenvalue weighted by Gasteiger charge is -2.08. The van der Waals surface area contributed by atoms with Crippen molar-refractivity contribution in [1.82, 2.24) is 15.0 Å². The number of hydrogen-bond donors (Lipinski definition) is 2. The predicted molar refractivity (Wildman–Crippen MR) is 81.2 cm³/mol. The van der Waals surface area contributed by atoms with E-state index in [-0.39, 0.29) is 11.5 Å². The molecule has 104 valence electrons. The number of carbonyl (C=O) groups is 1. The summed E-state index contributed by atoms with van der Waals surface area (Å²) in [5, 5.41) is 4.08. The highest BCUT2D eigenvalue weighted by Gasteiger charge is 2.12. The second-order valence-corrected chi connectivity index (χ2v) is 4.68. The lowest BCUT2D eigenvalue weighted by Crippen LogP contribution is -2.14. The van der Waals surface area contributed by atoms with Crippen LogP contribution in [0.15, 0.2) is 42.9 Å². The van der Waals surface area contributed by atoms with E-state index in [1.807, 2.05) is 6.07 Å². The topological polar surface area (TPSA) is 93.8 Å². The molecule has 0 unspecified atom stereocenters. The van der Waals surface area contributed by atoms with Gasteiger partial charge in [0.15, 0.2) is 0 Å². The molecule has 0 aliphatic rings. The Labute approximate surface area is 125 Å². The highest BCUT2D eigenvalue weighted by Crippen LogP contribution is 2.28. The number of amides is 1. The van der Waals surface area contributed by atoms with Gasteiger partial charge in [-0.1, -0.05) is 11.6 Å². The van der Waals surface area contributed by atoms with Crippen LogP contribution in [0.1, 0.15) is 10.5 Å². The molecule has 3 rings (SSSR count). The Bertz CT molecular complexity index is 819. The van der Waals surface area contributed by atoms with Crippen LogP contribution < -0.4 is 11.1 Å². The standard InChI is InChI=1S/C14H10ClN5O/c15-9-3-4-10(13-8(9)2-1-5-17-13)20-14(21)11-6-19-12(16)7-18-11/h1-7H,(H2,16,19)(H,20,21). The lowest BCUT2D eigenvalue weighted by atomic mass is 10.2. The van der Waals surface area contributed by atoms with Crippen LogP contribution in [0.5, 0.6) is 0 Å². The smallest absolute Gasteiger partial charge is 0.275 e. The zero-order valence-electron chi connectivity index (χ0n) is 10.7. The number of halogens is 1. The summed E-state index contributed by atoms with van der Waals surface area (Å²) in [4.78, 5) is 24.1. The number of carbonyl (C=O) groups excluding carboxylic acids is 1. The van der Waals surface area contributed by atoms with Gasteiger partial charge < -0.3 is 11.1 Å². The van der Waals surface area contributed by atoms with Crippen LogP contribution in [0.2, 0.25) is 5.02 Å². The number of nitrogens with zero attached hydrogens (tertiary/aromatic N) is 3. The fourth-order valence-electron chi connectivity index (χ4n) is 1.88. The fourth-order valence-corrected chi connectivity index (χ4v) is 2.10. The summed E-state index contributed by atoms with van der Waals surface area (Å²) < 4.78 is 0. The van der Waals surface area contributed by atoms with E-state index >= 15 is 0 Å². The van der Waals surface area contributed by atoms with Gasteiger partial charge >= 0.3 is 0 Å². The Morgan fingerprint density at radius 3 is 2.76 bits per heavy atom. The first-order chi connectivity index (χ1) is 10.1. The number of pyridine rings is 1. The number of nitrogens with two attached hydrogens (primary N) is 1. The average Bonchev–Trinajstić information content (AvgIpc) is 2.51. The molecule has 2 heterocycles. The molecule has 2 aromatic heterocycles. The Morgan fingerprint density at radius 2 is 2.00 bits per heavy atom. The van der Waals surface area contributed by atoms with Crippen molar-refractivity contribution in [2.24, 2.45) is 0 Å². The zero-order chi connectivity index (χ0) is 14.8. The van der Waals surface area contributed by atoms with E-state index in [1.165, 1.54) is 12.4 Å². The predicted octanol–water partition coefficient (Wildman–Crippen LogP) is 2.51. The second-order valence-electron chi connectivity index (χ2n) is 4.28. The number of hydrogen-bond acceptors (Lipinski definition) is 5. The molecule has 21 heavy (non-hydrogen) atoms. The summed E-state index contributed by atoms with van der Waals surface area (Å²) in [6.07, 6.45) is 4.28. The molecule has 0 fully saturated rings. The normalized spacial score (nSPS) is 10.5. The van der Waals surface area contributed by atoms with Crippen molar-refractivity contribution in [2.75, 3.05) is 11.1 Å². The van der Waals surface area contributed by atoms with Crippen LogP contribution in [-0.2, 0) is 0 Å². The summed E-state index contributed by atoms with van der Waals surface area (Å²) in [5.41, 5.74) is 6.78. The maximum atomic E-state index is 12.1. The Kier molecular flexibility index (Phi) is 3.37. The van der Waals surface area contributed by atoms with Crippen molar-refractivity contribution in [3.63, 3.8) is 0 Å². The van der Waals surface area contributed by atoms with E-state index in [9.17, 15) is 4.79 Å². The second kappa shape index (κ2) is 5.34. The van der Waals surface area contributed by atoms with Crippen LogP contribution in [0.25, 0.3) is 10.9 Å². The van der Waals surface area contributed by atoms with Gasteiger partial charge in [-0.3, -0.25) is 9.78 Å². The molecular formula is C14H10ClN5O. The van der Waals surface area contributed by atoms with Crippen LogP contribution >= 0.6 is 11.6 Å². The van der Waals surface area contributed by atoms with Gasteiger partial charge in [0, 0.05) is 11.6 Å². The Balaban J connectivity index is 1.97. The maximum Gasteiger partial charge on any atom is 0.275 e. The first-order valence-corrected chi connectivity index (χ1v) is 6.45. The summed E-state index contributed by atoms with van der Waals surface area (Å²) in [5.74, 6) is -0.137. The molecule has 0 bridgehead atoms. The molecule has 0 radical (unpaired) electrons. The summed E-state index contributed by atoms with van der Waals surface area (Å²) in [6, 6.07) is 7.02. The third kappa shape index (κ3) is 2.61. The third-order valence-corrected chi connectivity index (χ3v) is 3.20. The number of fused-ring (bicyclic) bond motifs is 1. The molecule has 7 heteroatoms. The van der Waals surface area contributed by atoms with Crippen molar-refractivity contribution in [2.45, 2.75) is 0 Å². The molecule has 0 atom stereocenters. The molecule has 3 aromatic rings. The summed E-state index contributed by atoms with van der Waals surface area (Å²) >= 11 is 6.11. The number of anilines is 2. The number of aromatic nitrogens is 3. The average molecular weight is 300 g/mol. The molecule has 3 N–H and O–H groups in total. The lowest BCUT2D eigenvalue weighted by molar-refractivity contribution is 0.102. The monoisotopic (exact) mass is 299 g/mol. The van der Waals surface area contributed by atoms with Crippen molar-refractivity contribution < 1.29 is 4.79 Å². The van der Waals surface area contributed by atoms with Crippen LogP contribution in [0, 0.1) is 0 Å². The molecule has 0 aliphatic heterocycles. The highest BCUT2D eigenvalue weighted by atomic mass is 35.5. The maximum absolute atomic E-state index is 12.1. The van der Waals surface area contributed by atoms with Gasteiger partial charge in [-0.25, -0.2) is 9.97 Å². The van der Waals surface area contributed by atoms with Gasteiger partial charge in [0.25, 0.3) is 5.91 Å². The number of benzene rings is 1. The van der Waals surface area contributed by atoms with Crippen LogP contribution in [0.4, 0.5) is 11.5 Å². The van der Waals surface area contributed by atoms with Crippen LogP contribution in [0.3, 0.4) is 0 Å². The Morgan fingerprint density at radius 1 is 1.14 bits per heavy atom. The molecule has 0 spiro atoms. The zero-order valence-corrected chi connectivity index (χ0v) is 11.5. The minimum Gasteiger partial charge on any atom is -0.382 e. The van der Waals surface area contributed by atoms with E-state index in [0.29, 0.717) is 16.2 Å². The molecule has 0 saturated carbocycles. The number of nitrogens with one attached hydrogen (secondary N) is 1. The van der Waals surface area contributed by atoms with Crippen molar-refractivity contribution in [1.29, 1.82) is 0 Å². The minimum absolute atomic E-state index is 0.170. The third-order valence-electron chi connectivity index (χ3n) is 2.87. The van der Waals surface area contributed by atoms with Crippen LogP contribution in [-0.4, -0.2) is 20.9 Å². The molecule has 1 amide bonds. The largest absolute Gasteiger partial charge is 0.382 e. The van der Waals surface area contributed by atoms with Gasteiger partial charge in [-0.2, -0.15) is 0 Å². The van der Waals surface area contributed by atoms with Crippen molar-refractivity contribution in [3.8, 4) is 0 Å². The molecule has 0 saturated heterocycles. The molecule has 1 aromatic carbocycles. The Hall–Kier alpha value is -2.73. The van der Waals surface area contributed by atoms with Gasteiger partial charge in [-0.15, -0.1) is 0 Å². The number of nitrogen functional groups attached to an aromatic ring is 1.